The third kappa shape index (κ3) is 11.1. The molecule has 0 aromatic heterocycles. The fraction of sp³-hybridized carbons (Fsp3) is 0.812. The molecule has 2 atom stereocenters. The smallest absolute Gasteiger partial charge is 0.192 e. The SMILES string of the molecule is CC(=C=C(C(=C=C(C)C(O)CO[Si](C)(C)C(C)(C)C)C(C)(C)C)C(C)(C)C)C(O)CO[Si](C)(C)C(C)(C)C. The number of hydrogen-bond acceptors (Lipinski definition) is 4. The summed E-state index contributed by atoms with van der Waals surface area (Å²) in [5, 5.41) is 22.2. The van der Waals surface area contributed by atoms with E-state index >= 15 is 0 Å². The first-order valence-corrected chi connectivity index (χ1v) is 20.0. The molecule has 222 valence electrons. The van der Waals surface area contributed by atoms with Gasteiger partial charge in [0.1, 0.15) is 12.2 Å². The van der Waals surface area contributed by atoms with Gasteiger partial charge in [-0.15, -0.1) is 11.5 Å². The summed E-state index contributed by atoms with van der Waals surface area (Å²) in [5.41, 5.74) is 10.1. The minimum absolute atomic E-state index is 0.0797. The zero-order valence-electron chi connectivity index (χ0n) is 28.3. The van der Waals surface area contributed by atoms with Gasteiger partial charge in [-0.2, -0.15) is 0 Å². The highest BCUT2D eigenvalue weighted by Gasteiger charge is 2.38. The quantitative estimate of drug-likeness (QED) is 0.166. The second kappa shape index (κ2) is 12.9. The van der Waals surface area contributed by atoms with Gasteiger partial charge in [0.05, 0.1) is 13.2 Å². The number of aliphatic hydroxyl groups excluding tert-OH is 2. The highest BCUT2D eigenvalue weighted by atomic mass is 28.4. The molecule has 0 bridgehead atoms. The zero-order valence-corrected chi connectivity index (χ0v) is 30.3. The molecule has 0 amide bonds. The monoisotopic (exact) mass is 566 g/mol. The number of rotatable bonds is 9. The van der Waals surface area contributed by atoms with E-state index in [1.807, 2.05) is 13.8 Å². The fourth-order valence-electron chi connectivity index (χ4n) is 3.07. The largest absolute Gasteiger partial charge is 0.414 e. The molecule has 0 saturated carbocycles. The van der Waals surface area contributed by atoms with Gasteiger partial charge >= 0.3 is 0 Å². The van der Waals surface area contributed by atoms with E-state index in [0.717, 1.165) is 22.3 Å². The normalized spacial score (nSPS) is 15.4. The third-order valence-electron chi connectivity index (χ3n) is 8.21. The van der Waals surface area contributed by atoms with Gasteiger partial charge in [-0.3, -0.25) is 0 Å². The van der Waals surface area contributed by atoms with Gasteiger partial charge in [0.25, 0.3) is 0 Å². The molecule has 0 aliphatic heterocycles. The van der Waals surface area contributed by atoms with Crippen molar-refractivity contribution in [2.24, 2.45) is 10.8 Å². The molecular formula is C32H62O4Si2. The van der Waals surface area contributed by atoms with Gasteiger partial charge in [0.2, 0.25) is 0 Å². The van der Waals surface area contributed by atoms with E-state index < -0.39 is 28.8 Å². The van der Waals surface area contributed by atoms with Crippen molar-refractivity contribution >= 4 is 16.6 Å². The lowest BCUT2D eigenvalue weighted by molar-refractivity contribution is 0.126. The van der Waals surface area contributed by atoms with Crippen LogP contribution in [0.1, 0.15) is 96.9 Å². The predicted molar refractivity (Wildman–Crippen MR) is 170 cm³/mol. The lowest BCUT2D eigenvalue weighted by Gasteiger charge is -2.37. The first-order valence-electron chi connectivity index (χ1n) is 14.1. The minimum Gasteiger partial charge on any atom is -0.414 e. The van der Waals surface area contributed by atoms with Crippen molar-refractivity contribution in [3.8, 4) is 0 Å². The van der Waals surface area contributed by atoms with Gasteiger partial charge in [-0.05, 0) is 72.1 Å². The van der Waals surface area contributed by atoms with Crippen molar-refractivity contribution < 1.29 is 19.1 Å². The molecule has 0 rings (SSSR count). The topological polar surface area (TPSA) is 58.9 Å². The van der Waals surface area contributed by atoms with Crippen LogP contribution in [-0.2, 0) is 8.85 Å². The molecule has 0 aliphatic rings. The summed E-state index contributed by atoms with van der Waals surface area (Å²) in [6, 6.07) is 0. The molecule has 0 saturated heterocycles. The van der Waals surface area contributed by atoms with Crippen LogP contribution in [0.15, 0.2) is 33.8 Å². The molecule has 0 aliphatic carbocycles. The summed E-state index contributed by atoms with van der Waals surface area (Å²) in [4.78, 5) is 0. The van der Waals surface area contributed by atoms with Crippen LogP contribution in [0.2, 0.25) is 36.3 Å². The number of aliphatic hydroxyl groups is 2. The Hall–Kier alpha value is -0.686. The van der Waals surface area contributed by atoms with Gasteiger partial charge in [-0.1, -0.05) is 83.1 Å². The van der Waals surface area contributed by atoms with Crippen LogP contribution in [0, 0.1) is 10.8 Å². The van der Waals surface area contributed by atoms with Crippen LogP contribution in [0.25, 0.3) is 0 Å². The highest BCUT2D eigenvalue weighted by Crippen LogP contribution is 2.41. The average molecular weight is 567 g/mol. The molecule has 6 heteroatoms. The maximum atomic E-state index is 11.0. The third-order valence-corrected chi connectivity index (χ3v) is 17.2. The maximum absolute atomic E-state index is 11.0. The van der Waals surface area contributed by atoms with E-state index in [4.69, 9.17) is 8.85 Å². The van der Waals surface area contributed by atoms with Crippen molar-refractivity contribution in [1.29, 1.82) is 0 Å². The van der Waals surface area contributed by atoms with E-state index in [0.29, 0.717) is 0 Å². The zero-order chi connectivity index (χ0) is 30.7. The Kier molecular flexibility index (Phi) is 12.6. The summed E-state index contributed by atoms with van der Waals surface area (Å²) in [6.07, 6.45) is -1.48. The maximum Gasteiger partial charge on any atom is 0.192 e. The minimum atomic E-state index is -1.98. The molecule has 2 unspecified atom stereocenters. The van der Waals surface area contributed by atoms with Crippen molar-refractivity contribution in [2.75, 3.05) is 13.2 Å². The van der Waals surface area contributed by atoms with Crippen molar-refractivity contribution in [3.05, 3.63) is 33.8 Å². The standard InChI is InChI=1S/C32H62O4Si2/c1-23(27(33)21-35-37(15,16)31(9,10)11)19-25(29(3,4)5)26(30(6,7)8)20-24(2)28(34)22-36-38(17,18)32(12,13)14/h27-28,33-34H,21-22H2,1-18H3. The number of hydrogen-bond donors (Lipinski definition) is 2. The van der Waals surface area contributed by atoms with E-state index in [1.165, 1.54) is 0 Å². The Morgan fingerprint density at radius 2 is 0.816 bits per heavy atom. The molecule has 0 fully saturated rings. The van der Waals surface area contributed by atoms with Crippen LogP contribution in [0.5, 0.6) is 0 Å². The molecule has 4 nitrogen and oxygen atoms in total. The molecular weight excluding hydrogens is 505 g/mol. The van der Waals surface area contributed by atoms with Crippen LogP contribution in [-0.4, -0.2) is 52.3 Å². The Labute approximate surface area is 238 Å². The Morgan fingerprint density at radius 1 is 0.579 bits per heavy atom. The van der Waals surface area contributed by atoms with Crippen molar-refractivity contribution in [1.82, 2.24) is 0 Å². The average Bonchev–Trinajstić information content (AvgIpc) is 2.69. The van der Waals surface area contributed by atoms with Crippen LogP contribution in [0.4, 0.5) is 0 Å². The van der Waals surface area contributed by atoms with Gasteiger partial charge in [0, 0.05) is 11.1 Å². The first kappa shape index (κ1) is 37.3. The summed E-state index contributed by atoms with van der Waals surface area (Å²) >= 11 is 0. The summed E-state index contributed by atoms with van der Waals surface area (Å²) in [7, 11) is -3.95. The molecule has 0 heterocycles. The van der Waals surface area contributed by atoms with Crippen LogP contribution in [0.3, 0.4) is 0 Å². The molecule has 2 N–H and O–H groups in total. The van der Waals surface area contributed by atoms with E-state index in [-0.39, 0.29) is 34.1 Å². The molecule has 0 aromatic carbocycles. The summed E-state index contributed by atoms with van der Waals surface area (Å²) < 4.78 is 12.6. The molecule has 0 spiro atoms. The van der Waals surface area contributed by atoms with Crippen LogP contribution < -0.4 is 0 Å². The molecule has 0 radical (unpaired) electrons. The highest BCUT2D eigenvalue weighted by molar-refractivity contribution is 6.74. The molecule has 0 aromatic rings. The second-order valence-electron chi connectivity index (χ2n) is 16.0. The van der Waals surface area contributed by atoms with Crippen molar-refractivity contribution in [3.63, 3.8) is 0 Å². The Bertz CT molecular complexity index is 854. The van der Waals surface area contributed by atoms with Gasteiger partial charge in [0.15, 0.2) is 16.6 Å². The van der Waals surface area contributed by atoms with E-state index in [2.05, 4.69) is 121 Å². The predicted octanol–water partition coefficient (Wildman–Crippen LogP) is 8.79. The second-order valence-corrected chi connectivity index (χ2v) is 25.7. The van der Waals surface area contributed by atoms with Gasteiger partial charge in [-0.25, -0.2) is 0 Å². The van der Waals surface area contributed by atoms with E-state index in [1.54, 1.807) is 0 Å². The van der Waals surface area contributed by atoms with Crippen LogP contribution >= 0.6 is 0 Å². The lowest BCUT2D eigenvalue weighted by atomic mass is 9.72. The first-order chi connectivity index (χ1) is 16.5. The Morgan fingerprint density at radius 3 is 1.00 bits per heavy atom. The molecule has 38 heavy (non-hydrogen) atoms. The Balaban J connectivity index is 6.64. The van der Waals surface area contributed by atoms with Gasteiger partial charge < -0.3 is 19.1 Å². The lowest BCUT2D eigenvalue weighted by Crippen LogP contribution is -2.42. The summed E-state index contributed by atoms with van der Waals surface area (Å²) in [6.45, 7) is 39.3. The van der Waals surface area contributed by atoms with Crippen molar-refractivity contribution in [2.45, 2.75) is 145 Å². The fourth-order valence-corrected chi connectivity index (χ4v) is 5.08. The van der Waals surface area contributed by atoms with E-state index in [9.17, 15) is 10.2 Å². The summed E-state index contributed by atoms with van der Waals surface area (Å²) in [5.74, 6) is 0.